The molecule has 2 aliphatic heterocycles. The first-order chi connectivity index (χ1) is 8.01. The van der Waals surface area contributed by atoms with Gasteiger partial charge in [0.15, 0.2) is 0 Å². The van der Waals surface area contributed by atoms with Gasteiger partial charge in [0.2, 0.25) is 0 Å². The highest BCUT2D eigenvalue weighted by Gasteiger charge is 2.30. The second-order valence-electron chi connectivity index (χ2n) is 4.89. The van der Waals surface area contributed by atoms with Gasteiger partial charge in [-0.2, -0.15) is 17.0 Å². The summed E-state index contributed by atoms with van der Waals surface area (Å²) >= 11 is 0. The molecule has 0 aromatic rings. The van der Waals surface area contributed by atoms with E-state index in [4.69, 9.17) is 0 Å². The lowest BCUT2D eigenvalue weighted by atomic mass is 10.1. The molecule has 2 aliphatic rings. The van der Waals surface area contributed by atoms with Gasteiger partial charge >= 0.3 is 0 Å². The maximum atomic E-state index is 12.0. The van der Waals surface area contributed by atoms with Crippen molar-refractivity contribution in [1.82, 2.24) is 18.8 Å². The number of hydrogen-bond donors (Lipinski definition) is 1. The highest BCUT2D eigenvalue weighted by molar-refractivity contribution is 7.86. The van der Waals surface area contributed by atoms with E-state index in [2.05, 4.69) is 10.2 Å². The molecule has 7 heteroatoms. The summed E-state index contributed by atoms with van der Waals surface area (Å²) in [6, 6.07) is 0.608. The molecule has 1 N–H and O–H groups in total. The Labute approximate surface area is 104 Å². The van der Waals surface area contributed by atoms with Crippen LogP contribution >= 0.6 is 0 Å². The van der Waals surface area contributed by atoms with Gasteiger partial charge in [0.05, 0.1) is 0 Å². The predicted octanol–water partition coefficient (Wildman–Crippen LogP) is -1.23. The van der Waals surface area contributed by atoms with Crippen molar-refractivity contribution in [2.75, 3.05) is 53.4 Å². The molecular weight excluding hydrogens is 240 g/mol. The van der Waals surface area contributed by atoms with E-state index in [0.717, 1.165) is 32.6 Å². The van der Waals surface area contributed by atoms with E-state index < -0.39 is 10.2 Å². The van der Waals surface area contributed by atoms with E-state index in [1.54, 1.807) is 18.4 Å². The molecule has 100 valence electrons. The molecule has 0 unspecified atom stereocenters. The summed E-state index contributed by atoms with van der Waals surface area (Å²) < 4.78 is 26.9. The SMILES string of the molecule is CN(C)S(=O)(=O)N1CCCN(C2CNC2)CC1. The minimum atomic E-state index is -3.24. The summed E-state index contributed by atoms with van der Waals surface area (Å²) in [4.78, 5) is 2.40. The third-order valence-corrected chi connectivity index (χ3v) is 5.49. The highest BCUT2D eigenvalue weighted by Crippen LogP contribution is 2.13. The minimum absolute atomic E-state index is 0.608. The summed E-state index contributed by atoms with van der Waals surface area (Å²) in [7, 11) is -0.0545. The standard InChI is InChI=1S/C10H22N4O2S/c1-12(2)17(15,16)14-5-3-4-13(6-7-14)10-8-11-9-10/h10-11H,3-9H2,1-2H3. The molecule has 0 spiro atoms. The zero-order valence-electron chi connectivity index (χ0n) is 10.6. The lowest BCUT2D eigenvalue weighted by molar-refractivity contribution is 0.153. The zero-order chi connectivity index (χ0) is 12.5. The van der Waals surface area contributed by atoms with E-state index >= 15 is 0 Å². The van der Waals surface area contributed by atoms with Crippen LogP contribution in [0.15, 0.2) is 0 Å². The molecule has 2 fully saturated rings. The van der Waals surface area contributed by atoms with Crippen LogP contribution < -0.4 is 5.32 Å². The number of hydrogen-bond acceptors (Lipinski definition) is 4. The Balaban J connectivity index is 1.95. The Bertz CT molecular complexity index is 353. The van der Waals surface area contributed by atoms with Crippen LogP contribution in [0.3, 0.4) is 0 Å². The molecule has 0 aromatic heterocycles. The number of rotatable bonds is 3. The highest BCUT2D eigenvalue weighted by atomic mass is 32.2. The van der Waals surface area contributed by atoms with Gasteiger partial charge in [-0.05, 0) is 13.0 Å². The van der Waals surface area contributed by atoms with Crippen LogP contribution in [0.25, 0.3) is 0 Å². The van der Waals surface area contributed by atoms with Gasteiger partial charge in [-0.1, -0.05) is 0 Å². The molecule has 0 saturated carbocycles. The minimum Gasteiger partial charge on any atom is -0.314 e. The second-order valence-corrected chi connectivity index (χ2v) is 7.03. The molecule has 2 saturated heterocycles. The summed E-state index contributed by atoms with van der Waals surface area (Å²) in [6.07, 6.45) is 0.920. The lowest BCUT2D eigenvalue weighted by Gasteiger charge is -2.37. The van der Waals surface area contributed by atoms with Crippen LogP contribution in [0.1, 0.15) is 6.42 Å². The van der Waals surface area contributed by atoms with E-state index in [-0.39, 0.29) is 0 Å². The largest absolute Gasteiger partial charge is 0.314 e. The van der Waals surface area contributed by atoms with Crippen molar-refractivity contribution in [2.24, 2.45) is 0 Å². The van der Waals surface area contributed by atoms with E-state index in [1.165, 1.54) is 4.31 Å². The molecule has 2 heterocycles. The average molecular weight is 262 g/mol. The van der Waals surface area contributed by atoms with E-state index in [1.807, 2.05) is 0 Å². The molecular formula is C10H22N4O2S. The van der Waals surface area contributed by atoms with Crippen molar-refractivity contribution in [3.8, 4) is 0 Å². The monoisotopic (exact) mass is 262 g/mol. The Morgan fingerprint density at radius 1 is 1.12 bits per heavy atom. The maximum absolute atomic E-state index is 12.0. The molecule has 0 aliphatic carbocycles. The Kier molecular flexibility index (Phi) is 4.04. The molecule has 0 radical (unpaired) electrons. The normalized spacial score (nSPS) is 25.8. The summed E-state index contributed by atoms with van der Waals surface area (Å²) in [5.41, 5.74) is 0. The topological polar surface area (TPSA) is 55.9 Å². The zero-order valence-corrected chi connectivity index (χ0v) is 11.4. The van der Waals surface area contributed by atoms with Crippen LogP contribution in [-0.4, -0.2) is 81.3 Å². The van der Waals surface area contributed by atoms with E-state index in [0.29, 0.717) is 19.1 Å². The third-order valence-electron chi connectivity index (χ3n) is 3.55. The molecule has 17 heavy (non-hydrogen) atoms. The fourth-order valence-electron chi connectivity index (χ4n) is 2.27. The first-order valence-electron chi connectivity index (χ1n) is 6.14. The Hall–Kier alpha value is -0.210. The fourth-order valence-corrected chi connectivity index (χ4v) is 3.41. The average Bonchev–Trinajstić information content (AvgIpc) is 2.41. The van der Waals surface area contributed by atoms with Gasteiger partial charge in [0.25, 0.3) is 10.2 Å². The second kappa shape index (κ2) is 5.19. The van der Waals surface area contributed by atoms with Gasteiger partial charge in [0.1, 0.15) is 0 Å². The summed E-state index contributed by atoms with van der Waals surface area (Å²) in [6.45, 7) is 5.18. The molecule has 0 amide bonds. The van der Waals surface area contributed by atoms with Crippen molar-refractivity contribution < 1.29 is 8.42 Å². The molecule has 2 rings (SSSR count). The van der Waals surface area contributed by atoms with Crippen molar-refractivity contribution in [2.45, 2.75) is 12.5 Å². The van der Waals surface area contributed by atoms with Crippen LogP contribution in [-0.2, 0) is 10.2 Å². The van der Waals surface area contributed by atoms with Gasteiger partial charge in [-0.15, -0.1) is 0 Å². The molecule has 6 nitrogen and oxygen atoms in total. The first-order valence-corrected chi connectivity index (χ1v) is 7.54. The van der Waals surface area contributed by atoms with Crippen molar-refractivity contribution in [3.05, 3.63) is 0 Å². The fraction of sp³-hybridized carbons (Fsp3) is 1.00. The summed E-state index contributed by atoms with van der Waals surface area (Å²) in [5.74, 6) is 0. The number of nitrogens with zero attached hydrogens (tertiary/aromatic N) is 3. The first kappa shape index (κ1) is 13.2. The van der Waals surface area contributed by atoms with Gasteiger partial charge in [0, 0.05) is 52.9 Å². The van der Waals surface area contributed by atoms with Crippen molar-refractivity contribution >= 4 is 10.2 Å². The Morgan fingerprint density at radius 3 is 2.35 bits per heavy atom. The molecule has 0 aromatic carbocycles. The van der Waals surface area contributed by atoms with Gasteiger partial charge < -0.3 is 5.32 Å². The van der Waals surface area contributed by atoms with Crippen LogP contribution in [0, 0.1) is 0 Å². The summed E-state index contributed by atoms with van der Waals surface area (Å²) in [5, 5.41) is 3.26. The van der Waals surface area contributed by atoms with Crippen molar-refractivity contribution in [1.29, 1.82) is 0 Å². The number of nitrogens with one attached hydrogen (secondary N) is 1. The van der Waals surface area contributed by atoms with E-state index in [9.17, 15) is 8.42 Å². The van der Waals surface area contributed by atoms with Crippen LogP contribution in [0.5, 0.6) is 0 Å². The Morgan fingerprint density at radius 2 is 1.82 bits per heavy atom. The van der Waals surface area contributed by atoms with Crippen molar-refractivity contribution in [3.63, 3.8) is 0 Å². The van der Waals surface area contributed by atoms with Crippen LogP contribution in [0.4, 0.5) is 0 Å². The maximum Gasteiger partial charge on any atom is 0.281 e. The molecule has 0 atom stereocenters. The molecule has 0 bridgehead atoms. The van der Waals surface area contributed by atoms with Gasteiger partial charge in [-0.25, -0.2) is 0 Å². The lowest BCUT2D eigenvalue weighted by Crippen LogP contribution is -2.57. The predicted molar refractivity (Wildman–Crippen MR) is 67.0 cm³/mol. The third kappa shape index (κ3) is 2.79. The van der Waals surface area contributed by atoms with Gasteiger partial charge in [-0.3, -0.25) is 4.90 Å². The smallest absolute Gasteiger partial charge is 0.281 e. The quantitative estimate of drug-likeness (QED) is 0.692. The van der Waals surface area contributed by atoms with Crippen LogP contribution in [0.2, 0.25) is 0 Å².